The maximum absolute atomic E-state index is 5.49. The second-order valence-electron chi connectivity index (χ2n) is 6.01. The first kappa shape index (κ1) is 15.4. The summed E-state index contributed by atoms with van der Waals surface area (Å²) in [5.41, 5.74) is 3.19. The number of rotatable bonds is 6. The van der Waals surface area contributed by atoms with Crippen LogP contribution in [0.1, 0.15) is 20.8 Å². The molecule has 0 spiro atoms. The molecule has 1 N–H and O–H groups in total. The number of anilines is 2. The number of hydrogen-bond acceptors (Lipinski definition) is 3. The van der Waals surface area contributed by atoms with Crippen molar-refractivity contribution < 1.29 is 4.74 Å². The third-order valence-corrected chi connectivity index (χ3v) is 3.62. The first-order valence-corrected chi connectivity index (χ1v) is 8.12. The summed E-state index contributed by atoms with van der Waals surface area (Å²) in [6, 6.07) is 16.2. The highest BCUT2D eigenvalue weighted by atomic mass is 16.5. The van der Waals surface area contributed by atoms with Crippen LogP contribution in [0.3, 0.4) is 0 Å². The van der Waals surface area contributed by atoms with Crippen molar-refractivity contribution >= 4 is 22.7 Å². The summed E-state index contributed by atoms with van der Waals surface area (Å²) in [5.74, 6) is 2.31. The van der Waals surface area contributed by atoms with Gasteiger partial charge in [-0.05, 0) is 49.2 Å². The van der Waals surface area contributed by atoms with Gasteiger partial charge in [0.15, 0.2) is 0 Å². The van der Waals surface area contributed by atoms with Crippen LogP contribution in [0.15, 0.2) is 48.5 Å². The molecule has 0 radical (unpaired) electrons. The Kier molecular flexibility index (Phi) is 4.51. The van der Waals surface area contributed by atoms with Crippen LogP contribution >= 0.6 is 0 Å². The van der Waals surface area contributed by atoms with Crippen LogP contribution in [0.25, 0.3) is 11.0 Å². The minimum atomic E-state index is 0.550. The van der Waals surface area contributed by atoms with E-state index in [0.29, 0.717) is 12.5 Å². The first-order chi connectivity index (χ1) is 11.2. The minimum Gasteiger partial charge on any atom is -0.494 e. The Morgan fingerprint density at radius 2 is 1.83 bits per heavy atom. The quantitative estimate of drug-likeness (QED) is 0.708. The Bertz CT molecular complexity index is 775. The van der Waals surface area contributed by atoms with Crippen molar-refractivity contribution in [1.82, 2.24) is 9.55 Å². The molecule has 4 nitrogen and oxygen atoms in total. The largest absolute Gasteiger partial charge is 0.494 e. The molecule has 0 amide bonds. The molecule has 23 heavy (non-hydrogen) atoms. The summed E-state index contributed by atoms with van der Waals surface area (Å²) in [4.78, 5) is 4.74. The van der Waals surface area contributed by atoms with Gasteiger partial charge in [-0.2, -0.15) is 0 Å². The van der Waals surface area contributed by atoms with Crippen molar-refractivity contribution in [2.75, 3.05) is 11.9 Å². The summed E-state index contributed by atoms with van der Waals surface area (Å²) < 4.78 is 7.73. The normalized spacial score (nSPS) is 11.1. The molecule has 0 bridgehead atoms. The van der Waals surface area contributed by atoms with Crippen molar-refractivity contribution in [2.24, 2.45) is 5.92 Å². The van der Waals surface area contributed by atoms with E-state index in [0.717, 1.165) is 35.0 Å². The van der Waals surface area contributed by atoms with Crippen LogP contribution in [0.2, 0.25) is 0 Å². The fraction of sp³-hybridized carbons (Fsp3) is 0.316. The van der Waals surface area contributed by atoms with Gasteiger partial charge in [0, 0.05) is 12.2 Å². The van der Waals surface area contributed by atoms with Gasteiger partial charge in [-0.1, -0.05) is 26.0 Å². The molecule has 120 valence electrons. The fourth-order valence-corrected chi connectivity index (χ4v) is 2.65. The third kappa shape index (κ3) is 3.47. The SMILES string of the molecule is CCOc1ccc(Nc2nc3ccccc3n2CC(C)C)cc1. The molecule has 3 rings (SSSR count). The highest BCUT2D eigenvalue weighted by molar-refractivity contribution is 5.79. The second-order valence-corrected chi connectivity index (χ2v) is 6.01. The van der Waals surface area contributed by atoms with Gasteiger partial charge in [0.1, 0.15) is 5.75 Å². The molecule has 3 aromatic rings. The Hall–Kier alpha value is -2.49. The minimum absolute atomic E-state index is 0.550. The van der Waals surface area contributed by atoms with Crippen molar-refractivity contribution in [3.8, 4) is 5.75 Å². The highest BCUT2D eigenvalue weighted by Crippen LogP contribution is 2.25. The van der Waals surface area contributed by atoms with Crippen molar-refractivity contribution in [3.05, 3.63) is 48.5 Å². The fourth-order valence-electron chi connectivity index (χ4n) is 2.65. The zero-order chi connectivity index (χ0) is 16.2. The lowest BCUT2D eigenvalue weighted by atomic mass is 10.2. The number of imidazole rings is 1. The molecule has 0 aliphatic rings. The molecular weight excluding hydrogens is 286 g/mol. The van der Waals surface area contributed by atoms with Gasteiger partial charge in [0.2, 0.25) is 5.95 Å². The molecule has 0 atom stereocenters. The number of ether oxygens (including phenoxy) is 1. The lowest BCUT2D eigenvalue weighted by molar-refractivity contribution is 0.340. The number of hydrogen-bond donors (Lipinski definition) is 1. The average molecular weight is 309 g/mol. The molecule has 0 aliphatic carbocycles. The molecular formula is C19H23N3O. The maximum atomic E-state index is 5.49. The van der Waals surface area contributed by atoms with Crippen LogP contribution in [0, 0.1) is 5.92 Å². The van der Waals surface area contributed by atoms with Gasteiger partial charge in [-0.25, -0.2) is 4.98 Å². The Morgan fingerprint density at radius 3 is 2.52 bits per heavy atom. The van der Waals surface area contributed by atoms with E-state index < -0.39 is 0 Å². The van der Waals surface area contributed by atoms with Crippen LogP contribution < -0.4 is 10.1 Å². The summed E-state index contributed by atoms with van der Waals surface area (Å²) in [6.45, 7) is 8.03. The Labute approximate surface area is 137 Å². The number of fused-ring (bicyclic) bond motifs is 1. The van der Waals surface area contributed by atoms with Gasteiger partial charge < -0.3 is 14.6 Å². The van der Waals surface area contributed by atoms with Crippen LogP contribution in [-0.4, -0.2) is 16.2 Å². The predicted octanol–water partition coefficient (Wildman–Crippen LogP) is 4.83. The summed E-state index contributed by atoms with van der Waals surface area (Å²) in [7, 11) is 0. The third-order valence-electron chi connectivity index (χ3n) is 3.62. The van der Waals surface area contributed by atoms with Gasteiger partial charge in [0.25, 0.3) is 0 Å². The molecule has 0 unspecified atom stereocenters. The zero-order valence-corrected chi connectivity index (χ0v) is 13.9. The zero-order valence-electron chi connectivity index (χ0n) is 13.9. The van der Waals surface area contributed by atoms with Crippen LogP contribution in [0.5, 0.6) is 5.75 Å². The van der Waals surface area contributed by atoms with Gasteiger partial charge in [-0.15, -0.1) is 0 Å². The van der Waals surface area contributed by atoms with E-state index in [4.69, 9.17) is 9.72 Å². The molecule has 0 saturated carbocycles. The van der Waals surface area contributed by atoms with Crippen molar-refractivity contribution in [2.45, 2.75) is 27.3 Å². The van der Waals surface area contributed by atoms with E-state index in [2.05, 4.69) is 41.9 Å². The second kappa shape index (κ2) is 6.73. The Balaban J connectivity index is 1.92. The standard InChI is InChI=1S/C19H23N3O/c1-4-23-16-11-9-15(10-12-16)20-19-21-17-7-5-6-8-18(17)22(19)13-14(2)3/h5-12,14H,4,13H2,1-3H3,(H,20,21). The molecule has 0 saturated heterocycles. The Morgan fingerprint density at radius 1 is 1.09 bits per heavy atom. The topological polar surface area (TPSA) is 39.1 Å². The van der Waals surface area contributed by atoms with E-state index in [1.807, 2.05) is 37.3 Å². The summed E-state index contributed by atoms with van der Waals surface area (Å²) in [6.07, 6.45) is 0. The van der Waals surface area contributed by atoms with Crippen molar-refractivity contribution in [3.63, 3.8) is 0 Å². The smallest absolute Gasteiger partial charge is 0.208 e. The number of aromatic nitrogens is 2. The first-order valence-electron chi connectivity index (χ1n) is 8.12. The lowest BCUT2D eigenvalue weighted by Gasteiger charge is -2.13. The lowest BCUT2D eigenvalue weighted by Crippen LogP contribution is -2.08. The van der Waals surface area contributed by atoms with Gasteiger partial charge in [-0.3, -0.25) is 0 Å². The van der Waals surface area contributed by atoms with E-state index in [-0.39, 0.29) is 0 Å². The summed E-state index contributed by atoms with van der Waals surface area (Å²) in [5, 5.41) is 3.43. The monoisotopic (exact) mass is 309 g/mol. The maximum Gasteiger partial charge on any atom is 0.208 e. The van der Waals surface area contributed by atoms with Gasteiger partial charge in [0.05, 0.1) is 17.6 Å². The molecule has 1 aromatic heterocycles. The highest BCUT2D eigenvalue weighted by Gasteiger charge is 2.11. The van der Waals surface area contributed by atoms with Crippen molar-refractivity contribution in [1.29, 1.82) is 0 Å². The van der Waals surface area contributed by atoms with Crippen LogP contribution in [0.4, 0.5) is 11.6 Å². The van der Waals surface area contributed by atoms with E-state index in [1.165, 1.54) is 0 Å². The predicted molar refractivity (Wildman–Crippen MR) is 95.5 cm³/mol. The number of benzene rings is 2. The van der Waals surface area contributed by atoms with Gasteiger partial charge >= 0.3 is 0 Å². The van der Waals surface area contributed by atoms with E-state index in [1.54, 1.807) is 0 Å². The average Bonchev–Trinajstić information content (AvgIpc) is 2.87. The van der Waals surface area contributed by atoms with E-state index in [9.17, 15) is 0 Å². The van der Waals surface area contributed by atoms with Crippen LogP contribution in [-0.2, 0) is 6.54 Å². The molecule has 1 heterocycles. The molecule has 2 aromatic carbocycles. The number of nitrogens with zero attached hydrogens (tertiary/aromatic N) is 2. The molecule has 0 aliphatic heterocycles. The summed E-state index contributed by atoms with van der Waals surface area (Å²) >= 11 is 0. The molecule has 4 heteroatoms. The number of para-hydroxylation sites is 2. The van der Waals surface area contributed by atoms with E-state index >= 15 is 0 Å². The number of nitrogens with one attached hydrogen (secondary N) is 1. The molecule has 0 fully saturated rings.